The molecule has 0 bridgehead atoms. The van der Waals surface area contributed by atoms with E-state index in [9.17, 15) is 4.79 Å². The summed E-state index contributed by atoms with van der Waals surface area (Å²) in [6.07, 6.45) is 1.59. The Kier molecular flexibility index (Phi) is 4.22. The van der Waals surface area contributed by atoms with Crippen LogP contribution in [0.3, 0.4) is 0 Å². The molecule has 1 amide bonds. The Morgan fingerprint density at radius 1 is 1.41 bits per heavy atom. The molecule has 1 N–H and O–H groups in total. The SMILES string of the molecule is O=C(NCc1ccco1)c1cc(I)ccc1Br. The van der Waals surface area contributed by atoms with Crippen molar-refractivity contribution in [2.45, 2.75) is 6.54 Å². The molecule has 1 aromatic carbocycles. The molecular weight excluding hydrogens is 397 g/mol. The van der Waals surface area contributed by atoms with Gasteiger partial charge < -0.3 is 9.73 Å². The first-order chi connectivity index (χ1) is 8.16. The lowest BCUT2D eigenvalue weighted by Gasteiger charge is -2.06. The van der Waals surface area contributed by atoms with E-state index < -0.39 is 0 Å². The van der Waals surface area contributed by atoms with Crippen LogP contribution in [0.25, 0.3) is 0 Å². The van der Waals surface area contributed by atoms with E-state index in [1.54, 1.807) is 12.3 Å². The molecule has 0 saturated carbocycles. The quantitative estimate of drug-likeness (QED) is 0.793. The van der Waals surface area contributed by atoms with Gasteiger partial charge in [0.15, 0.2) is 0 Å². The maximum absolute atomic E-state index is 11.9. The summed E-state index contributed by atoms with van der Waals surface area (Å²) >= 11 is 5.54. The summed E-state index contributed by atoms with van der Waals surface area (Å²) in [6, 6.07) is 9.26. The van der Waals surface area contributed by atoms with Gasteiger partial charge in [-0.1, -0.05) is 0 Å². The fourth-order valence-corrected chi connectivity index (χ4v) is 2.27. The average Bonchev–Trinajstić information content (AvgIpc) is 2.82. The minimum Gasteiger partial charge on any atom is -0.467 e. The average molecular weight is 406 g/mol. The third kappa shape index (κ3) is 3.32. The maximum atomic E-state index is 11.9. The Morgan fingerprint density at radius 3 is 2.94 bits per heavy atom. The van der Waals surface area contributed by atoms with Gasteiger partial charge in [0, 0.05) is 8.04 Å². The molecule has 0 unspecified atom stereocenters. The van der Waals surface area contributed by atoms with Crippen molar-refractivity contribution in [2.24, 2.45) is 0 Å². The van der Waals surface area contributed by atoms with Crippen LogP contribution in [0.2, 0.25) is 0 Å². The smallest absolute Gasteiger partial charge is 0.252 e. The van der Waals surface area contributed by atoms with Gasteiger partial charge in [-0.2, -0.15) is 0 Å². The number of amides is 1. The van der Waals surface area contributed by atoms with Crippen molar-refractivity contribution in [1.29, 1.82) is 0 Å². The van der Waals surface area contributed by atoms with E-state index in [0.717, 1.165) is 13.8 Å². The van der Waals surface area contributed by atoms with E-state index in [-0.39, 0.29) is 5.91 Å². The van der Waals surface area contributed by atoms with Crippen LogP contribution in [0.1, 0.15) is 16.1 Å². The van der Waals surface area contributed by atoms with Gasteiger partial charge in [0.05, 0.1) is 18.4 Å². The minimum atomic E-state index is -0.119. The van der Waals surface area contributed by atoms with Crippen LogP contribution >= 0.6 is 38.5 Å². The topological polar surface area (TPSA) is 42.2 Å². The van der Waals surface area contributed by atoms with Crippen molar-refractivity contribution in [2.75, 3.05) is 0 Å². The molecule has 2 rings (SSSR count). The molecular formula is C12H9BrINO2. The van der Waals surface area contributed by atoms with E-state index in [4.69, 9.17) is 4.42 Å². The van der Waals surface area contributed by atoms with E-state index in [2.05, 4.69) is 43.8 Å². The fourth-order valence-electron chi connectivity index (χ4n) is 1.35. The Morgan fingerprint density at radius 2 is 2.24 bits per heavy atom. The summed E-state index contributed by atoms with van der Waals surface area (Å²) < 4.78 is 6.95. The second-order valence-electron chi connectivity index (χ2n) is 3.39. The molecule has 5 heteroatoms. The molecule has 0 spiro atoms. The first-order valence-electron chi connectivity index (χ1n) is 4.92. The Labute approximate surface area is 121 Å². The van der Waals surface area contributed by atoms with Crippen LogP contribution in [-0.4, -0.2) is 5.91 Å². The normalized spacial score (nSPS) is 10.2. The van der Waals surface area contributed by atoms with Gasteiger partial charge in [0.1, 0.15) is 5.76 Å². The van der Waals surface area contributed by atoms with Crippen molar-refractivity contribution in [1.82, 2.24) is 5.32 Å². The van der Waals surface area contributed by atoms with Crippen LogP contribution in [0, 0.1) is 3.57 Å². The molecule has 2 aromatic rings. The molecule has 0 radical (unpaired) electrons. The minimum absolute atomic E-state index is 0.119. The molecule has 0 atom stereocenters. The number of hydrogen-bond acceptors (Lipinski definition) is 2. The predicted molar refractivity (Wildman–Crippen MR) is 76.7 cm³/mol. The van der Waals surface area contributed by atoms with Gasteiger partial charge in [-0.25, -0.2) is 0 Å². The van der Waals surface area contributed by atoms with E-state index in [1.807, 2.05) is 24.3 Å². The second kappa shape index (κ2) is 5.68. The first-order valence-corrected chi connectivity index (χ1v) is 6.79. The van der Waals surface area contributed by atoms with Gasteiger partial charge in [0.25, 0.3) is 5.91 Å². The first kappa shape index (κ1) is 12.6. The molecule has 0 aliphatic rings. The third-order valence-electron chi connectivity index (χ3n) is 2.18. The van der Waals surface area contributed by atoms with E-state index in [0.29, 0.717) is 12.1 Å². The molecule has 1 heterocycles. The highest BCUT2D eigenvalue weighted by Gasteiger charge is 2.10. The number of carbonyl (C=O) groups is 1. The summed E-state index contributed by atoms with van der Waals surface area (Å²) in [5.41, 5.74) is 0.628. The highest BCUT2D eigenvalue weighted by Crippen LogP contribution is 2.19. The summed E-state index contributed by atoms with van der Waals surface area (Å²) in [7, 11) is 0. The Balaban J connectivity index is 2.07. The number of carbonyl (C=O) groups excluding carboxylic acids is 1. The zero-order chi connectivity index (χ0) is 12.3. The third-order valence-corrected chi connectivity index (χ3v) is 3.54. The summed E-state index contributed by atoms with van der Waals surface area (Å²) in [4.78, 5) is 11.9. The number of furan rings is 1. The number of nitrogens with one attached hydrogen (secondary N) is 1. The lowest BCUT2D eigenvalue weighted by Crippen LogP contribution is -2.23. The predicted octanol–water partition coefficient (Wildman–Crippen LogP) is 3.58. The molecule has 1 aromatic heterocycles. The highest BCUT2D eigenvalue weighted by atomic mass is 127. The van der Waals surface area contributed by atoms with Gasteiger partial charge >= 0.3 is 0 Å². The molecule has 17 heavy (non-hydrogen) atoms. The molecule has 0 aliphatic carbocycles. The van der Waals surface area contributed by atoms with Gasteiger partial charge in [-0.15, -0.1) is 0 Å². The van der Waals surface area contributed by atoms with Crippen molar-refractivity contribution < 1.29 is 9.21 Å². The lowest BCUT2D eigenvalue weighted by molar-refractivity contribution is 0.0947. The molecule has 0 aliphatic heterocycles. The second-order valence-corrected chi connectivity index (χ2v) is 5.49. The number of benzene rings is 1. The van der Waals surface area contributed by atoms with Gasteiger partial charge in [0.2, 0.25) is 0 Å². The standard InChI is InChI=1S/C12H9BrINO2/c13-11-4-3-8(14)6-10(11)12(16)15-7-9-2-1-5-17-9/h1-6H,7H2,(H,15,16). The highest BCUT2D eigenvalue weighted by molar-refractivity contribution is 14.1. The molecule has 88 valence electrons. The number of halogens is 2. The van der Waals surface area contributed by atoms with Crippen LogP contribution in [0.15, 0.2) is 45.5 Å². The zero-order valence-corrected chi connectivity index (χ0v) is 12.5. The largest absolute Gasteiger partial charge is 0.467 e. The van der Waals surface area contributed by atoms with Gasteiger partial charge in [-0.3, -0.25) is 4.79 Å². The van der Waals surface area contributed by atoms with E-state index >= 15 is 0 Å². The molecule has 0 saturated heterocycles. The van der Waals surface area contributed by atoms with Crippen molar-refractivity contribution in [3.63, 3.8) is 0 Å². The number of rotatable bonds is 3. The molecule has 0 fully saturated rings. The van der Waals surface area contributed by atoms with Crippen LogP contribution in [0.5, 0.6) is 0 Å². The lowest BCUT2D eigenvalue weighted by atomic mass is 10.2. The van der Waals surface area contributed by atoms with Crippen LogP contribution in [0.4, 0.5) is 0 Å². The van der Waals surface area contributed by atoms with E-state index in [1.165, 1.54) is 0 Å². The monoisotopic (exact) mass is 405 g/mol. The fraction of sp³-hybridized carbons (Fsp3) is 0.0833. The summed E-state index contributed by atoms with van der Waals surface area (Å²) in [5.74, 6) is 0.617. The van der Waals surface area contributed by atoms with Crippen LogP contribution in [-0.2, 0) is 6.54 Å². The maximum Gasteiger partial charge on any atom is 0.252 e. The van der Waals surface area contributed by atoms with Crippen molar-refractivity contribution in [3.8, 4) is 0 Å². The Hall–Kier alpha value is -0.820. The van der Waals surface area contributed by atoms with Crippen LogP contribution < -0.4 is 5.32 Å². The zero-order valence-electron chi connectivity index (χ0n) is 8.74. The number of hydrogen-bond donors (Lipinski definition) is 1. The van der Waals surface area contributed by atoms with Gasteiger partial charge in [-0.05, 0) is 68.9 Å². The molecule has 3 nitrogen and oxygen atoms in total. The van der Waals surface area contributed by atoms with Crippen molar-refractivity contribution in [3.05, 3.63) is 56.0 Å². The Bertz CT molecular complexity index is 525. The summed E-state index contributed by atoms with van der Waals surface area (Å²) in [5, 5.41) is 2.80. The summed E-state index contributed by atoms with van der Waals surface area (Å²) in [6.45, 7) is 0.393. The van der Waals surface area contributed by atoms with Crippen molar-refractivity contribution >= 4 is 44.4 Å².